The summed E-state index contributed by atoms with van der Waals surface area (Å²) in [6, 6.07) is 3.24. The van der Waals surface area contributed by atoms with Crippen molar-refractivity contribution < 1.29 is 8.42 Å². The van der Waals surface area contributed by atoms with Gasteiger partial charge in [0, 0.05) is 25.3 Å². The number of hydrogen-bond donors (Lipinski definition) is 1. The van der Waals surface area contributed by atoms with Crippen LogP contribution in [0.2, 0.25) is 0 Å². The first-order valence-corrected chi connectivity index (χ1v) is 8.58. The van der Waals surface area contributed by atoms with E-state index in [9.17, 15) is 8.42 Å². The van der Waals surface area contributed by atoms with Gasteiger partial charge in [0.05, 0.1) is 5.69 Å². The highest BCUT2D eigenvalue weighted by Crippen LogP contribution is 2.20. The molecule has 0 spiro atoms. The Hall–Kier alpha value is -0.980. The molecule has 1 aromatic heterocycles. The predicted octanol–water partition coefficient (Wildman–Crippen LogP) is 2.13. The average Bonchev–Trinajstić information content (AvgIpc) is 2.47. The van der Waals surface area contributed by atoms with Gasteiger partial charge < -0.3 is 5.73 Å². The molecule has 1 heterocycles. The van der Waals surface area contributed by atoms with Gasteiger partial charge in [0.1, 0.15) is 4.90 Å². The van der Waals surface area contributed by atoms with E-state index in [1.54, 1.807) is 16.4 Å². The second kappa shape index (κ2) is 7.71. The van der Waals surface area contributed by atoms with Crippen LogP contribution in [0.4, 0.5) is 0 Å². The number of unbranched alkanes of at least 4 members (excludes halogenated alkanes) is 1. The van der Waals surface area contributed by atoms with Crippen LogP contribution in [-0.2, 0) is 16.6 Å². The molecule has 0 fully saturated rings. The Morgan fingerprint density at radius 2 is 2.05 bits per heavy atom. The van der Waals surface area contributed by atoms with Gasteiger partial charge in [-0.15, -0.1) is 0 Å². The molecular weight excluding hydrogens is 274 g/mol. The summed E-state index contributed by atoms with van der Waals surface area (Å²) in [5.41, 5.74) is 6.17. The first-order chi connectivity index (χ1) is 9.47. The van der Waals surface area contributed by atoms with E-state index in [1.165, 1.54) is 6.20 Å². The Morgan fingerprint density at radius 1 is 1.35 bits per heavy atom. The van der Waals surface area contributed by atoms with E-state index in [0.29, 0.717) is 18.8 Å². The summed E-state index contributed by atoms with van der Waals surface area (Å²) < 4.78 is 27.0. The second-order valence-corrected chi connectivity index (χ2v) is 6.81. The van der Waals surface area contributed by atoms with Crippen molar-refractivity contribution in [1.29, 1.82) is 0 Å². The van der Waals surface area contributed by atoms with Crippen molar-refractivity contribution in [2.45, 2.75) is 57.5 Å². The third-order valence-corrected chi connectivity index (χ3v) is 5.42. The zero-order chi connectivity index (χ0) is 15.2. The van der Waals surface area contributed by atoms with Gasteiger partial charge >= 0.3 is 0 Å². The fourth-order valence-corrected chi connectivity index (χ4v) is 3.60. The number of aromatic nitrogens is 1. The molecule has 1 rings (SSSR count). The summed E-state index contributed by atoms with van der Waals surface area (Å²) in [6.07, 6.45) is 4.01. The van der Waals surface area contributed by atoms with E-state index in [1.807, 2.05) is 13.8 Å². The molecule has 0 aliphatic heterocycles. The van der Waals surface area contributed by atoms with Gasteiger partial charge in [0.2, 0.25) is 10.0 Å². The fraction of sp³-hybridized carbons (Fsp3) is 0.643. The predicted molar refractivity (Wildman–Crippen MR) is 80.7 cm³/mol. The summed E-state index contributed by atoms with van der Waals surface area (Å²) in [5, 5.41) is 0. The van der Waals surface area contributed by atoms with Crippen molar-refractivity contribution in [3.63, 3.8) is 0 Å². The van der Waals surface area contributed by atoms with Gasteiger partial charge in [0.15, 0.2) is 0 Å². The summed E-state index contributed by atoms with van der Waals surface area (Å²) in [6.45, 7) is 6.85. The Balaban J connectivity index is 3.07. The highest BCUT2D eigenvalue weighted by molar-refractivity contribution is 7.89. The Bertz CT molecular complexity index is 500. The lowest BCUT2D eigenvalue weighted by atomic mass is 10.2. The number of pyridine rings is 1. The molecule has 1 aromatic rings. The van der Waals surface area contributed by atoms with Gasteiger partial charge in [-0.3, -0.25) is 4.98 Å². The molecule has 5 nitrogen and oxygen atoms in total. The molecule has 1 unspecified atom stereocenters. The number of rotatable bonds is 8. The third kappa shape index (κ3) is 4.01. The van der Waals surface area contributed by atoms with Crippen molar-refractivity contribution in [2.75, 3.05) is 6.54 Å². The molecule has 0 aliphatic rings. The van der Waals surface area contributed by atoms with E-state index >= 15 is 0 Å². The lowest BCUT2D eigenvalue weighted by molar-refractivity contribution is 0.324. The summed E-state index contributed by atoms with van der Waals surface area (Å²) in [7, 11) is -3.48. The Morgan fingerprint density at radius 3 is 2.50 bits per heavy atom. The van der Waals surface area contributed by atoms with Crippen LogP contribution in [0, 0.1) is 0 Å². The van der Waals surface area contributed by atoms with Gasteiger partial charge in [-0.05, 0) is 31.9 Å². The van der Waals surface area contributed by atoms with Crippen LogP contribution >= 0.6 is 0 Å². The van der Waals surface area contributed by atoms with Crippen molar-refractivity contribution in [2.24, 2.45) is 5.73 Å². The van der Waals surface area contributed by atoms with Crippen molar-refractivity contribution in [3.8, 4) is 0 Å². The van der Waals surface area contributed by atoms with Gasteiger partial charge in [0.25, 0.3) is 0 Å². The van der Waals surface area contributed by atoms with Crippen molar-refractivity contribution in [3.05, 3.63) is 24.0 Å². The maximum atomic E-state index is 12.7. The standard InChI is InChI=1S/C14H25N3O2S/c1-4-6-9-17(12(3)5-2)20(18,19)14-8-7-13(10-15)16-11-14/h7-8,11-12H,4-6,9-10,15H2,1-3H3. The van der Waals surface area contributed by atoms with E-state index < -0.39 is 10.0 Å². The fourth-order valence-electron chi connectivity index (χ4n) is 1.91. The molecule has 0 radical (unpaired) electrons. The SMILES string of the molecule is CCCCN(C(C)CC)S(=O)(=O)c1ccc(CN)nc1. The van der Waals surface area contributed by atoms with Gasteiger partial charge in [-0.25, -0.2) is 8.42 Å². The van der Waals surface area contributed by atoms with Crippen LogP contribution in [0.15, 0.2) is 23.2 Å². The molecule has 0 aliphatic carbocycles. The minimum Gasteiger partial charge on any atom is -0.325 e. The third-order valence-electron chi connectivity index (χ3n) is 3.43. The van der Waals surface area contributed by atoms with Crippen LogP contribution in [0.5, 0.6) is 0 Å². The molecule has 0 saturated carbocycles. The minimum atomic E-state index is -3.48. The van der Waals surface area contributed by atoms with Gasteiger partial charge in [-0.1, -0.05) is 20.3 Å². The van der Waals surface area contributed by atoms with Crippen molar-refractivity contribution >= 4 is 10.0 Å². The van der Waals surface area contributed by atoms with Crippen molar-refractivity contribution in [1.82, 2.24) is 9.29 Å². The zero-order valence-corrected chi connectivity index (χ0v) is 13.4. The lowest BCUT2D eigenvalue weighted by Gasteiger charge is -2.27. The number of sulfonamides is 1. The van der Waals surface area contributed by atoms with Crippen LogP contribution in [-0.4, -0.2) is 30.3 Å². The summed E-state index contributed by atoms with van der Waals surface area (Å²) >= 11 is 0. The highest BCUT2D eigenvalue weighted by Gasteiger charge is 2.27. The molecule has 1 atom stereocenters. The van der Waals surface area contributed by atoms with Crippen LogP contribution in [0.1, 0.15) is 45.7 Å². The Kier molecular flexibility index (Phi) is 6.58. The molecule has 0 saturated heterocycles. The van der Waals surface area contributed by atoms with Crippen LogP contribution in [0.3, 0.4) is 0 Å². The quantitative estimate of drug-likeness (QED) is 0.798. The topological polar surface area (TPSA) is 76.3 Å². The molecule has 2 N–H and O–H groups in total. The molecule has 6 heteroatoms. The second-order valence-electron chi connectivity index (χ2n) is 4.92. The molecule has 114 valence electrons. The number of hydrogen-bond acceptors (Lipinski definition) is 4. The normalized spacial score (nSPS) is 13.7. The lowest BCUT2D eigenvalue weighted by Crippen LogP contribution is -2.39. The largest absolute Gasteiger partial charge is 0.325 e. The molecule has 20 heavy (non-hydrogen) atoms. The van der Waals surface area contributed by atoms with Crippen LogP contribution < -0.4 is 5.73 Å². The first-order valence-electron chi connectivity index (χ1n) is 7.14. The van der Waals surface area contributed by atoms with Gasteiger partial charge in [-0.2, -0.15) is 4.31 Å². The Labute approximate surface area is 122 Å². The van der Waals surface area contributed by atoms with E-state index in [0.717, 1.165) is 19.3 Å². The molecular formula is C14H25N3O2S. The van der Waals surface area contributed by atoms with E-state index in [2.05, 4.69) is 11.9 Å². The van der Waals surface area contributed by atoms with E-state index in [-0.39, 0.29) is 10.9 Å². The summed E-state index contributed by atoms with van der Waals surface area (Å²) in [4.78, 5) is 4.32. The molecule has 0 bridgehead atoms. The zero-order valence-electron chi connectivity index (χ0n) is 12.5. The minimum absolute atomic E-state index is 0.0132. The summed E-state index contributed by atoms with van der Waals surface area (Å²) in [5.74, 6) is 0. The number of nitrogens with two attached hydrogens (primary N) is 1. The molecule has 0 aromatic carbocycles. The first kappa shape index (κ1) is 17.1. The van der Waals surface area contributed by atoms with E-state index in [4.69, 9.17) is 5.73 Å². The smallest absolute Gasteiger partial charge is 0.244 e. The van der Waals surface area contributed by atoms with Crippen LogP contribution in [0.25, 0.3) is 0 Å². The average molecular weight is 299 g/mol. The molecule has 0 amide bonds. The number of nitrogens with zero attached hydrogens (tertiary/aromatic N) is 2. The highest BCUT2D eigenvalue weighted by atomic mass is 32.2. The maximum Gasteiger partial charge on any atom is 0.244 e. The monoisotopic (exact) mass is 299 g/mol. The maximum absolute atomic E-state index is 12.7.